The van der Waals surface area contributed by atoms with E-state index >= 15 is 0 Å². The Morgan fingerprint density at radius 3 is 2.32 bits per heavy atom. The molecule has 1 unspecified atom stereocenters. The van der Waals surface area contributed by atoms with Gasteiger partial charge in [0.1, 0.15) is 6.54 Å². The maximum atomic E-state index is 12.6. The molecule has 6 heteroatoms. The number of esters is 1. The van der Waals surface area contributed by atoms with Crippen LogP contribution in [-0.4, -0.2) is 41.2 Å². The van der Waals surface area contributed by atoms with E-state index in [0.717, 1.165) is 4.90 Å². The van der Waals surface area contributed by atoms with E-state index in [9.17, 15) is 9.59 Å². The summed E-state index contributed by atoms with van der Waals surface area (Å²) in [7, 11) is 0. The quantitative estimate of drug-likeness (QED) is 0.560. The Morgan fingerprint density at radius 1 is 1.23 bits per heavy atom. The molecule has 0 N–H and O–H groups in total. The van der Waals surface area contributed by atoms with E-state index in [2.05, 4.69) is 0 Å². The number of ether oxygens (including phenoxy) is 1. The summed E-state index contributed by atoms with van der Waals surface area (Å²) in [6, 6.07) is 7.27. The monoisotopic (exact) mass is 343 g/mol. The molecule has 0 fully saturated rings. The molecule has 1 aromatic rings. The molecule has 4 nitrogen and oxygen atoms in total. The normalized spacial score (nSPS) is 12.1. The first-order chi connectivity index (χ1) is 10.3. The Balaban J connectivity index is 2.71. The molecule has 0 radical (unpaired) electrons. The van der Waals surface area contributed by atoms with Crippen molar-refractivity contribution in [2.45, 2.75) is 43.9 Å². The third kappa shape index (κ3) is 5.89. The van der Waals surface area contributed by atoms with Crippen LogP contribution in [0.5, 0.6) is 0 Å². The Labute approximate surface area is 141 Å². The molecule has 0 heterocycles. The molecule has 1 atom stereocenters. The van der Waals surface area contributed by atoms with Gasteiger partial charge in [-0.3, -0.25) is 9.59 Å². The first-order valence-corrected chi connectivity index (χ1v) is 8.49. The average molecular weight is 344 g/mol. The van der Waals surface area contributed by atoms with Crippen molar-refractivity contribution in [1.82, 2.24) is 4.90 Å². The minimum Gasteiger partial charge on any atom is -0.465 e. The fourth-order valence-corrected chi connectivity index (χ4v) is 2.93. The molecular weight excluding hydrogens is 322 g/mol. The fourth-order valence-electron chi connectivity index (χ4n) is 1.86. The van der Waals surface area contributed by atoms with Crippen molar-refractivity contribution in [1.29, 1.82) is 0 Å². The summed E-state index contributed by atoms with van der Waals surface area (Å²) in [6.45, 7) is 7.65. The third-order valence-corrected chi connectivity index (χ3v) is 4.34. The van der Waals surface area contributed by atoms with Crippen molar-refractivity contribution >= 4 is 35.2 Å². The van der Waals surface area contributed by atoms with E-state index in [0.29, 0.717) is 11.6 Å². The van der Waals surface area contributed by atoms with Crippen LogP contribution >= 0.6 is 23.4 Å². The highest BCUT2D eigenvalue weighted by Gasteiger charge is 2.26. The number of thioether (sulfide) groups is 1. The lowest BCUT2D eigenvalue weighted by atomic mass is 10.2. The first-order valence-electron chi connectivity index (χ1n) is 7.23. The largest absolute Gasteiger partial charge is 0.465 e. The lowest BCUT2D eigenvalue weighted by molar-refractivity contribution is -0.149. The SMILES string of the molecule is CCOC(=O)CN(C(=O)C(C)Sc1ccc(Cl)cc1)C(C)C. The van der Waals surface area contributed by atoms with Crippen LogP contribution in [0, 0.1) is 0 Å². The fraction of sp³-hybridized carbons (Fsp3) is 0.500. The number of hydrogen-bond donors (Lipinski definition) is 0. The summed E-state index contributed by atoms with van der Waals surface area (Å²) in [5.41, 5.74) is 0. The number of rotatable bonds is 7. The van der Waals surface area contributed by atoms with Crippen molar-refractivity contribution in [2.75, 3.05) is 13.2 Å². The number of hydrogen-bond acceptors (Lipinski definition) is 4. The van der Waals surface area contributed by atoms with Gasteiger partial charge in [0.25, 0.3) is 0 Å². The highest BCUT2D eigenvalue weighted by molar-refractivity contribution is 8.00. The summed E-state index contributed by atoms with van der Waals surface area (Å²) in [4.78, 5) is 26.7. The molecule has 0 bridgehead atoms. The topological polar surface area (TPSA) is 46.6 Å². The van der Waals surface area contributed by atoms with Crippen molar-refractivity contribution in [3.05, 3.63) is 29.3 Å². The molecule has 0 saturated heterocycles. The second kappa shape index (κ2) is 9.06. The van der Waals surface area contributed by atoms with Gasteiger partial charge >= 0.3 is 5.97 Å². The molecule has 1 aromatic carbocycles. The molecule has 0 spiro atoms. The van der Waals surface area contributed by atoms with Crippen LogP contribution in [0.25, 0.3) is 0 Å². The number of nitrogens with zero attached hydrogens (tertiary/aromatic N) is 1. The predicted molar refractivity (Wildman–Crippen MR) is 90.3 cm³/mol. The predicted octanol–water partition coefficient (Wildman–Crippen LogP) is 3.62. The van der Waals surface area contributed by atoms with Gasteiger partial charge in [-0.05, 0) is 52.0 Å². The van der Waals surface area contributed by atoms with Gasteiger partial charge in [0.2, 0.25) is 5.91 Å². The van der Waals surface area contributed by atoms with Gasteiger partial charge < -0.3 is 9.64 Å². The van der Waals surface area contributed by atoms with E-state index in [-0.39, 0.29) is 29.7 Å². The van der Waals surface area contributed by atoms with Gasteiger partial charge in [0, 0.05) is 16.0 Å². The van der Waals surface area contributed by atoms with Gasteiger partial charge in [-0.25, -0.2) is 0 Å². The number of benzene rings is 1. The van der Waals surface area contributed by atoms with Crippen LogP contribution in [-0.2, 0) is 14.3 Å². The Hall–Kier alpha value is -1.20. The summed E-state index contributed by atoms with van der Waals surface area (Å²) < 4.78 is 4.93. The minimum atomic E-state index is -0.381. The number of halogens is 1. The molecule has 0 saturated carbocycles. The van der Waals surface area contributed by atoms with Crippen LogP contribution in [0.15, 0.2) is 29.2 Å². The molecule has 0 aromatic heterocycles. The third-order valence-electron chi connectivity index (χ3n) is 2.99. The Bertz CT molecular complexity index is 505. The summed E-state index contributed by atoms with van der Waals surface area (Å²) in [5, 5.41) is 0.368. The van der Waals surface area contributed by atoms with Gasteiger partial charge in [-0.15, -0.1) is 11.8 Å². The Morgan fingerprint density at radius 2 is 1.82 bits per heavy atom. The molecule has 1 amide bonds. The van der Waals surface area contributed by atoms with Crippen LogP contribution in [0.4, 0.5) is 0 Å². The highest BCUT2D eigenvalue weighted by atomic mass is 35.5. The number of carbonyl (C=O) groups is 2. The second-order valence-corrected chi connectivity index (χ2v) is 6.93. The second-order valence-electron chi connectivity index (χ2n) is 5.08. The highest BCUT2D eigenvalue weighted by Crippen LogP contribution is 2.26. The Kier molecular flexibility index (Phi) is 7.76. The summed E-state index contributed by atoms with van der Waals surface area (Å²) in [6.07, 6.45) is 0. The first kappa shape index (κ1) is 18.8. The molecule has 122 valence electrons. The maximum Gasteiger partial charge on any atom is 0.325 e. The van der Waals surface area contributed by atoms with Crippen molar-refractivity contribution in [2.24, 2.45) is 0 Å². The van der Waals surface area contributed by atoms with E-state index in [4.69, 9.17) is 16.3 Å². The zero-order valence-electron chi connectivity index (χ0n) is 13.3. The zero-order valence-corrected chi connectivity index (χ0v) is 14.9. The van der Waals surface area contributed by atoms with E-state index < -0.39 is 0 Å². The van der Waals surface area contributed by atoms with E-state index in [1.54, 1.807) is 24.0 Å². The van der Waals surface area contributed by atoms with E-state index in [1.165, 1.54) is 11.8 Å². The summed E-state index contributed by atoms with van der Waals surface area (Å²) in [5.74, 6) is -0.462. The lowest BCUT2D eigenvalue weighted by Gasteiger charge is -2.28. The average Bonchev–Trinajstić information content (AvgIpc) is 2.46. The van der Waals surface area contributed by atoms with Crippen LogP contribution in [0.2, 0.25) is 5.02 Å². The molecule has 22 heavy (non-hydrogen) atoms. The van der Waals surface area contributed by atoms with Crippen LogP contribution < -0.4 is 0 Å². The summed E-state index contributed by atoms with van der Waals surface area (Å²) >= 11 is 7.30. The molecular formula is C16H22ClNO3S. The van der Waals surface area contributed by atoms with Crippen molar-refractivity contribution < 1.29 is 14.3 Å². The van der Waals surface area contributed by atoms with Crippen molar-refractivity contribution in [3.8, 4) is 0 Å². The maximum absolute atomic E-state index is 12.6. The molecule has 0 aliphatic rings. The van der Waals surface area contributed by atoms with Gasteiger partial charge in [-0.1, -0.05) is 11.6 Å². The molecule has 0 aliphatic heterocycles. The van der Waals surface area contributed by atoms with Gasteiger partial charge in [-0.2, -0.15) is 0 Å². The smallest absolute Gasteiger partial charge is 0.325 e. The number of carbonyl (C=O) groups excluding carboxylic acids is 2. The van der Waals surface area contributed by atoms with Gasteiger partial charge in [0.15, 0.2) is 0 Å². The van der Waals surface area contributed by atoms with Crippen molar-refractivity contribution in [3.63, 3.8) is 0 Å². The standard InChI is InChI=1S/C16H22ClNO3S/c1-5-21-15(19)10-18(11(2)3)16(20)12(4)22-14-8-6-13(17)7-9-14/h6-9,11-12H,5,10H2,1-4H3. The minimum absolute atomic E-state index is 0.0180. The van der Waals surface area contributed by atoms with Crippen LogP contribution in [0.1, 0.15) is 27.7 Å². The zero-order chi connectivity index (χ0) is 16.7. The van der Waals surface area contributed by atoms with Gasteiger partial charge in [0.05, 0.1) is 11.9 Å². The van der Waals surface area contributed by atoms with Crippen LogP contribution in [0.3, 0.4) is 0 Å². The number of amides is 1. The lowest BCUT2D eigenvalue weighted by Crippen LogP contribution is -2.44. The molecule has 0 aliphatic carbocycles. The molecule has 1 rings (SSSR count). The van der Waals surface area contributed by atoms with E-state index in [1.807, 2.05) is 32.9 Å².